The molecule has 1 atom stereocenters. The second-order valence-corrected chi connectivity index (χ2v) is 6.24. The van der Waals surface area contributed by atoms with Crippen molar-refractivity contribution in [1.29, 1.82) is 0 Å². The van der Waals surface area contributed by atoms with Crippen LogP contribution >= 0.6 is 12.4 Å². The number of fused-ring (bicyclic) bond motifs is 1. The average molecular weight is 362 g/mol. The van der Waals surface area contributed by atoms with Gasteiger partial charge in [-0.25, -0.2) is 9.07 Å². The number of nitrogens with zero attached hydrogens (tertiary/aromatic N) is 2. The minimum Gasteiger partial charge on any atom is -0.476 e. The van der Waals surface area contributed by atoms with Crippen LogP contribution in [0.3, 0.4) is 0 Å². The highest BCUT2D eigenvalue weighted by atomic mass is 35.5. The highest BCUT2D eigenvalue weighted by Crippen LogP contribution is 2.28. The van der Waals surface area contributed by atoms with E-state index in [1.165, 1.54) is 25.0 Å². The third-order valence-electron chi connectivity index (χ3n) is 4.46. The molecule has 1 aliphatic rings. The van der Waals surface area contributed by atoms with E-state index in [-0.39, 0.29) is 18.2 Å². The number of rotatable bonds is 4. The van der Waals surface area contributed by atoms with Crippen molar-refractivity contribution >= 4 is 23.3 Å². The molecular weight excluding hydrogens is 341 g/mol. The van der Waals surface area contributed by atoms with Gasteiger partial charge in [-0.1, -0.05) is 18.2 Å². The van der Waals surface area contributed by atoms with Gasteiger partial charge in [0.1, 0.15) is 5.82 Å². The highest BCUT2D eigenvalue weighted by molar-refractivity contribution is 5.86. The van der Waals surface area contributed by atoms with E-state index in [0.717, 1.165) is 24.0 Å². The third-order valence-corrected chi connectivity index (χ3v) is 4.46. The molecule has 1 aromatic heterocycles. The fraction of sp³-hybridized carbons (Fsp3) is 0.316. The van der Waals surface area contributed by atoms with E-state index < -0.39 is 0 Å². The molecule has 4 rings (SSSR count). The summed E-state index contributed by atoms with van der Waals surface area (Å²) in [7, 11) is 0. The van der Waals surface area contributed by atoms with Crippen LogP contribution in [0.5, 0.6) is 5.88 Å². The van der Waals surface area contributed by atoms with Gasteiger partial charge in [-0.3, -0.25) is 0 Å². The van der Waals surface area contributed by atoms with Crippen molar-refractivity contribution in [2.45, 2.75) is 12.8 Å². The quantitative estimate of drug-likeness (QED) is 0.764. The topological polar surface area (TPSA) is 39.1 Å². The summed E-state index contributed by atoms with van der Waals surface area (Å²) in [5.74, 6) is 0.847. The molecule has 3 aromatic rings. The zero-order chi connectivity index (χ0) is 16.4. The maximum absolute atomic E-state index is 13.6. The number of nitrogens with one attached hydrogen (secondary N) is 1. The first kappa shape index (κ1) is 17.7. The lowest BCUT2D eigenvalue weighted by atomic mass is 10.0. The standard InChI is InChI=1S/C19H20FN3O.ClH/c20-15-6-3-7-16(11-15)23-18-9-2-1-8-17(18)19(22-23)24-13-14-5-4-10-21-12-14;/h1-3,6-9,11,14,21H,4-5,10,12-13H2;1H. The van der Waals surface area contributed by atoms with Gasteiger partial charge in [-0.05, 0) is 49.7 Å². The smallest absolute Gasteiger partial charge is 0.241 e. The predicted octanol–water partition coefficient (Wildman–Crippen LogP) is 3.96. The number of benzene rings is 2. The van der Waals surface area contributed by atoms with Gasteiger partial charge in [0.25, 0.3) is 0 Å². The van der Waals surface area contributed by atoms with Gasteiger partial charge < -0.3 is 10.1 Å². The van der Waals surface area contributed by atoms with E-state index in [0.29, 0.717) is 24.1 Å². The summed E-state index contributed by atoms with van der Waals surface area (Å²) in [5, 5.41) is 8.94. The number of aromatic nitrogens is 2. The zero-order valence-electron chi connectivity index (χ0n) is 13.8. The number of para-hydroxylation sites is 1. The largest absolute Gasteiger partial charge is 0.476 e. The fourth-order valence-corrected chi connectivity index (χ4v) is 3.21. The Balaban J connectivity index is 0.00000182. The maximum atomic E-state index is 13.6. The molecule has 0 amide bonds. The van der Waals surface area contributed by atoms with Crippen molar-refractivity contribution in [2.75, 3.05) is 19.7 Å². The molecule has 4 nitrogen and oxygen atoms in total. The van der Waals surface area contributed by atoms with Crippen LogP contribution in [0, 0.1) is 11.7 Å². The summed E-state index contributed by atoms with van der Waals surface area (Å²) in [5.41, 5.74) is 1.61. The van der Waals surface area contributed by atoms with Crippen LogP contribution in [0.25, 0.3) is 16.6 Å². The van der Waals surface area contributed by atoms with Crippen LogP contribution in [0.4, 0.5) is 4.39 Å². The Morgan fingerprint density at radius 1 is 1.20 bits per heavy atom. The van der Waals surface area contributed by atoms with E-state index in [9.17, 15) is 4.39 Å². The average Bonchev–Trinajstić information content (AvgIpc) is 3.00. The molecule has 1 saturated heterocycles. The molecule has 1 unspecified atom stereocenters. The lowest BCUT2D eigenvalue weighted by Gasteiger charge is -2.22. The van der Waals surface area contributed by atoms with Crippen molar-refractivity contribution in [3.05, 3.63) is 54.3 Å². The molecule has 6 heteroatoms. The normalized spacial score (nSPS) is 17.2. The molecule has 1 N–H and O–H groups in total. The number of halogens is 2. The van der Waals surface area contributed by atoms with E-state index in [1.807, 2.05) is 30.3 Å². The van der Waals surface area contributed by atoms with E-state index in [1.54, 1.807) is 10.7 Å². The number of hydrogen-bond donors (Lipinski definition) is 1. The van der Waals surface area contributed by atoms with Gasteiger partial charge in [-0.2, -0.15) is 0 Å². The lowest BCUT2D eigenvalue weighted by Crippen LogP contribution is -2.33. The number of ether oxygens (including phenoxy) is 1. The number of piperidine rings is 1. The van der Waals surface area contributed by atoms with Crippen LogP contribution in [-0.4, -0.2) is 29.5 Å². The third kappa shape index (κ3) is 3.78. The summed E-state index contributed by atoms with van der Waals surface area (Å²) in [4.78, 5) is 0. The van der Waals surface area contributed by atoms with E-state index in [4.69, 9.17) is 4.74 Å². The van der Waals surface area contributed by atoms with Gasteiger partial charge in [0, 0.05) is 12.5 Å². The van der Waals surface area contributed by atoms with Crippen LogP contribution in [-0.2, 0) is 0 Å². The van der Waals surface area contributed by atoms with E-state index in [2.05, 4.69) is 10.4 Å². The molecule has 0 saturated carbocycles. The first-order chi connectivity index (χ1) is 11.8. The Morgan fingerprint density at radius 3 is 2.88 bits per heavy atom. The van der Waals surface area contributed by atoms with Crippen LogP contribution in [0.2, 0.25) is 0 Å². The Morgan fingerprint density at radius 2 is 2.08 bits per heavy atom. The van der Waals surface area contributed by atoms with Crippen molar-refractivity contribution in [2.24, 2.45) is 5.92 Å². The summed E-state index contributed by atoms with van der Waals surface area (Å²) >= 11 is 0. The molecule has 132 valence electrons. The molecule has 2 aromatic carbocycles. The Kier molecular flexibility index (Phi) is 5.56. The molecule has 1 aliphatic heterocycles. The Bertz CT molecular complexity index is 846. The van der Waals surface area contributed by atoms with Crippen LogP contribution < -0.4 is 10.1 Å². The number of hydrogen-bond acceptors (Lipinski definition) is 3. The summed E-state index contributed by atoms with van der Waals surface area (Å²) in [6.07, 6.45) is 2.36. The fourth-order valence-electron chi connectivity index (χ4n) is 3.21. The summed E-state index contributed by atoms with van der Waals surface area (Å²) < 4.78 is 21.3. The Labute approximate surface area is 152 Å². The minimum atomic E-state index is -0.275. The van der Waals surface area contributed by atoms with Gasteiger partial charge >= 0.3 is 0 Å². The van der Waals surface area contributed by atoms with Crippen molar-refractivity contribution in [3.8, 4) is 11.6 Å². The van der Waals surface area contributed by atoms with Gasteiger partial charge in [0.2, 0.25) is 5.88 Å². The highest BCUT2D eigenvalue weighted by Gasteiger charge is 2.17. The zero-order valence-corrected chi connectivity index (χ0v) is 14.6. The van der Waals surface area contributed by atoms with Gasteiger partial charge in [-0.15, -0.1) is 17.5 Å². The summed E-state index contributed by atoms with van der Waals surface area (Å²) in [6, 6.07) is 14.3. The van der Waals surface area contributed by atoms with Gasteiger partial charge in [0.05, 0.1) is 23.2 Å². The SMILES string of the molecule is Cl.Fc1cccc(-n2nc(OCC3CCCNC3)c3ccccc32)c1. The molecular formula is C19H21ClFN3O. The molecule has 0 bridgehead atoms. The second-order valence-electron chi connectivity index (χ2n) is 6.24. The monoisotopic (exact) mass is 361 g/mol. The minimum absolute atomic E-state index is 0. The maximum Gasteiger partial charge on any atom is 0.241 e. The first-order valence-electron chi connectivity index (χ1n) is 8.38. The predicted molar refractivity (Wildman–Crippen MR) is 99.4 cm³/mol. The molecule has 1 fully saturated rings. The lowest BCUT2D eigenvalue weighted by molar-refractivity contribution is 0.213. The molecule has 0 radical (unpaired) electrons. The second kappa shape index (κ2) is 7.85. The molecule has 0 spiro atoms. The van der Waals surface area contributed by atoms with Gasteiger partial charge in [0.15, 0.2) is 0 Å². The van der Waals surface area contributed by atoms with Crippen molar-refractivity contribution < 1.29 is 9.13 Å². The van der Waals surface area contributed by atoms with E-state index >= 15 is 0 Å². The van der Waals surface area contributed by atoms with Crippen molar-refractivity contribution in [3.63, 3.8) is 0 Å². The molecule has 2 heterocycles. The van der Waals surface area contributed by atoms with Crippen LogP contribution in [0.1, 0.15) is 12.8 Å². The Hall–Kier alpha value is -2.11. The van der Waals surface area contributed by atoms with Crippen LogP contribution in [0.15, 0.2) is 48.5 Å². The first-order valence-corrected chi connectivity index (χ1v) is 8.38. The van der Waals surface area contributed by atoms with Crippen molar-refractivity contribution in [1.82, 2.24) is 15.1 Å². The molecule has 0 aliphatic carbocycles. The molecule has 25 heavy (non-hydrogen) atoms. The summed E-state index contributed by atoms with van der Waals surface area (Å²) in [6.45, 7) is 2.73.